The third kappa shape index (κ3) is 5.59. The van der Waals surface area contributed by atoms with Crippen molar-refractivity contribution >= 4 is 28.9 Å². The minimum Gasteiger partial charge on any atom is -0.479 e. The first-order chi connectivity index (χ1) is 8.21. The van der Waals surface area contributed by atoms with Crippen molar-refractivity contribution in [2.45, 2.75) is 25.4 Å². The number of esters is 1. The summed E-state index contributed by atoms with van der Waals surface area (Å²) in [5.74, 6) is -4.39. The highest BCUT2D eigenvalue weighted by Crippen LogP contribution is 2.17. The highest BCUT2D eigenvalue weighted by molar-refractivity contribution is 7.67. The Labute approximate surface area is 103 Å². The van der Waals surface area contributed by atoms with Crippen LogP contribution in [0.2, 0.25) is 0 Å². The van der Waals surface area contributed by atoms with Gasteiger partial charge in [-0.25, -0.2) is 4.79 Å². The van der Waals surface area contributed by atoms with Crippen molar-refractivity contribution in [2.24, 2.45) is 0 Å². The van der Waals surface area contributed by atoms with Gasteiger partial charge in [0.05, 0.1) is 19.4 Å². The lowest BCUT2D eigenvalue weighted by molar-refractivity contribution is -0.171. The van der Waals surface area contributed by atoms with Crippen molar-refractivity contribution in [3.05, 3.63) is 0 Å². The Balaban J connectivity index is 4.77. The lowest BCUT2D eigenvalue weighted by atomic mass is 9.96. The van der Waals surface area contributed by atoms with Crippen LogP contribution in [0, 0.1) is 0 Å². The smallest absolute Gasteiger partial charge is 0.336 e. The van der Waals surface area contributed by atoms with E-state index in [-0.39, 0.29) is 6.61 Å². The zero-order chi connectivity index (χ0) is 14.3. The molecule has 0 bridgehead atoms. The highest BCUT2D eigenvalue weighted by atomic mass is 32.2. The van der Waals surface area contributed by atoms with E-state index in [1.165, 1.54) is 6.92 Å². The second kappa shape index (κ2) is 6.91. The number of aliphatic carboxylic acids is 1. The molecule has 0 saturated carbocycles. The Morgan fingerprint density at radius 2 is 1.67 bits per heavy atom. The molecule has 9 nitrogen and oxygen atoms in total. The van der Waals surface area contributed by atoms with Crippen LogP contribution in [0.1, 0.15) is 19.8 Å². The van der Waals surface area contributed by atoms with E-state index in [0.29, 0.717) is 0 Å². The predicted molar refractivity (Wildman–Crippen MR) is 54.9 cm³/mol. The number of hydrogen-bond donors (Lipinski definition) is 3. The summed E-state index contributed by atoms with van der Waals surface area (Å²) in [6.07, 6.45) is -2.19. The van der Waals surface area contributed by atoms with E-state index in [1.54, 1.807) is 0 Å². The second-order valence-corrected chi connectivity index (χ2v) is 3.81. The number of carbonyl (C=O) groups is 3. The normalized spacial score (nSPS) is 13.7. The summed E-state index contributed by atoms with van der Waals surface area (Å²) in [6, 6.07) is 0. The highest BCUT2D eigenvalue weighted by Gasteiger charge is 2.42. The molecule has 0 radical (unpaired) electrons. The Bertz CT molecular complexity index is 405. The number of thiol groups is 1. The van der Waals surface area contributed by atoms with Crippen LogP contribution >= 0.6 is 0 Å². The Kier molecular flexibility index (Phi) is 6.27. The van der Waals surface area contributed by atoms with Crippen LogP contribution in [0.5, 0.6) is 0 Å². The number of carboxylic acid groups (broad SMARTS) is 1. The molecule has 1 unspecified atom stereocenters. The minimum absolute atomic E-state index is 0.0363. The fourth-order valence-corrected chi connectivity index (χ4v) is 1.25. The summed E-state index contributed by atoms with van der Waals surface area (Å²) in [5, 5.41) is 18.3. The van der Waals surface area contributed by atoms with E-state index in [4.69, 9.17) is 5.11 Å². The van der Waals surface area contributed by atoms with E-state index < -0.39 is 47.3 Å². The van der Waals surface area contributed by atoms with Gasteiger partial charge in [0.2, 0.25) is 0 Å². The van der Waals surface area contributed by atoms with Crippen LogP contribution in [0.25, 0.3) is 0 Å². The van der Waals surface area contributed by atoms with Crippen LogP contribution in [-0.4, -0.2) is 48.7 Å². The first kappa shape index (κ1) is 16.3. The Hall–Kier alpha value is -1.68. The van der Waals surface area contributed by atoms with Gasteiger partial charge in [0.1, 0.15) is 0 Å². The number of hydrogen-bond acceptors (Lipinski definition) is 8. The summed E-state index contributed by atoms with van der Waals surface area (Å²) in [7, 11) is -3.51. The molecule has 2 N–H and O–H groups in total. The monoisotopic (exact) mass is 284 g/mol. The molecule has 0 aliphatic carbocycles. The van der Waals surface area contributed by atoms with E-state index in [0.717, 1.165) is 0 Å². The minimum atomic E-state index is -3.51. The van der Waals surface area contributed by atoms with Gasteiger partial charge in [0.15, 0.2) is 5.60 Å². The van der Waals surface area contributed by atoms with Gasteiger partial charge < -0.3 is 19.1 Å². The van der Waals surface area contributed by atoms with E-state index in [2.05, 4.69) is 8.92 Å². The van der Waals surface area contributed by atoms with Gasteiger partial charge in [-0.15, -0.1) is 0 Å². The first-order valence-corrected chi connectivity index (χ1v) is 5.77. The van der Waals surface area contributed by atoms with Gasteiger partial charge >= 0.3 is 28.9 Å². The molecule has 0 spiro atoms. The number of carboxylic acids is 1. The van der Waals surface area contributed by atoms with Crippen LogP contribution in [0.4, 0.5) is 0 Å². The Morgan fingerprint density at radius 3 is 2.06 bits per heavy atom. The second-order valence-electron chi connectivity index (χ2n) is 3.18. The van der Waals surface area contributed by atoms with Crippen molar-refractivity contribution in [2.75, 3.05) is 6.61 Å². The molecule has 0 heterocycles. The average Bonchev–Trinajstić information content (AvgIpc) is 2.15. The summed E-state index contributed by atoms with van der Waals surface area (Å²) in [5.41, 5.74) is -2.77. The molecule has 0 saturated heterocycles. The molecular formula is C8H12O9S. The molecular weight excluding hydrogens is 272 g/mol. The molecule has 104 valence electrons. The van der Waals surface area contributed by atoms with Gasteiger partial charge in [-0.2, -0.15) is 8.42 Å². The van der Waals surface area contributed by atoms with Gasteiger partial charge in [-0.1, -0.05) is 0 Å². The molecule has 0 amide bonds. The van der Waals surface area contributed by atoms with Crippen molar-refractivity contribution in [1.82, 2.24) is 0 Å². The van der Waals surface area contributed by atoms with E-state index in [9.17, 15) is 27.9 Å². The van der Waals surface area contributed by atoms with Crippen LogP contribution in [0.3, 0.4) is 0 Å². The lowest BCUT2D eigenvalue weighted by Crippen LogP contribution is -2.43. The van der Waals surface area contributed by atoms with Crippen LogP contribution in [0.15, 0.2) is 0 Å². The molecule has 0 aliphatic heterocycles. The number of aliphatic hydroxyl groups is 1. The average molecular weight is 284 g/mol. The molecule has 0 fully saturated rings. The van der Waals surface area contributed by atoms with Gasteiger partial charge in [0.25, 0.3) is 0 Å². The van der Waals surface area contributed by atoms with Crippen molar-refractivity contribution in [1.29, 1.82) is 0 Å². The number of rotatable bonds is 7. The quantitative estimate of drug-likeness (QED) is 0.364. The van der Waals surface area contributed by atoms with E-state index in [1.807, 2.05) is 0 Å². The zero-order valence-electron chi connectivity index (χ0n) is 9.32. The molecule has 0 aromatic carbocycles. The maximum atomic E-state index is 11.0. The molecule has 10 heteroatoms. The van der Waals surface area contributed by atoms with Crippen molar-refractivity contribution < 1.29 is 41.9 Å². The third-order valence-electron chi connectivity index (χ3n) is 1.75. The standard InChI is InChI=1S/C8H12O9S/c1-2-16-5(9)3-8(13,7(11)12)4-6(10)17-18(14)15/h13,18H,2-4H2,1H3,(H,11,12). The first-order valence-electron chi connectivity index (χ1n) is 4.68. The molecule has 0 aromatic heterocycles. The number of ether oxygens (including phenoxy) is 1. The topological polar surface area (TPSA) is 144 Å². The third-order valence-corrected chi connectivity index (χ3v) is 2.11. The summed E-state index contributed by atoms with van der Waals surface area (Å²) in [6.45, 7) is 1.43. The van der Waals surface area contributed by atoms with Crippen molar-refractivity contribution in [3.8, 4) is 0 Å². The lowest BCUT2D eigenvalue weighted by Gasteiger charge is -2.20. The molecule has 0 aliphatic rings. The Morgan fingerprint density at radius 1 is 1.17 bits per heavy atom. The molecule has 0 rings (SSSR count). The fraction of sp³-hybridized carbons (Fsp3) is 0.625. The van der Waals surface area contributed by atoms with Gasteiger partial charge in [-0.05, 0) is 6.92 Å². The van der Waals surface area contributed by atoms with E-state index >= 15 is 0 Å². The maximum absolute atomic E-state index is 11.0. The summed E-state index contributed by atoms with van der Waals surface area (Å²) >= 11 is 0. The van der Waals surface area contributed by atoms with Crippen molar-refractivity contribution in [3.63, 3.8) is 0 Å². The summed E-state index contributed by atoms with van der Waals surface area (Å²) in [4.78, 5) is 32.7. The molecule has 1 atom stereocenters. The molecule has 18 heavy (non-hydrogen) atoms. The van der Waals surface area contributed by atoms with Crippen LogP contribution < -0.4 is 0 Å². The van der Waals surface area contributed by atoms with Crippen LogP contribution in [-0.2, 0) is 34.3 Å². The molecule has 0 aromatic rings. The largest absolute Gasteiger partial charge is 0.479 e. The zero-order valence-corrected chi connectivity index (χ0v) is 10.2. The SMILES string of the molecule is CCOC(=O)CC(O)(CC(=O)O[SH](=O)=O)C(=O)O. The number of carbonyl (C=O) groups excluding carboxylic acids is 2. The maximum Gasteiger partial charge on any atom is 0.336 e. The van der Waals surface area contributed by atoms with Gasteiger partial charge in [-0.3, -0.25) is 9.59 Å². The summed E-state index contributed by atoms with van der Waals surface area (Å²) < 4.78 is 28.2. The van der Waals surface area contributed by atoms with Gasteiger partial charge in [0, 0.05) is 0 Å². The predicted octanol–water partition coefficient (Wildman–Crippen LogP) is -1.78. The fourth-order valence-electron chi connectivity index (χ4n) is 1.02.